The SMILES string of the molecule is CC(C)(CO)NC(=O)C1CCCN(C2CCN(Cc3cccnc3)CC2)C1. The summed E-state index contributed by atoms with van der Waals surface area (Å²) in [7, 11) is 0. The van der Waals surface area contributed by atoms with Crippen LogP contribution in [0.4, 0.5) is 0 Å². The summed E-state index contributed by atoms with van der Waals surface area (Å²) >= 11 is 0. The third-order valence-electron chi connectivity index (χ3n) is 5.88. The molecule has 150 valence electrons. The second-order valence-electron chi connectivity index (χ2n) is 8.73. The first-order chi connectivity index (χ1) is 13.0. The Balaban J connectivity index is 1.47. The van der Waals surface area contributed by atoms with Gasteiger partial charge in [-0.2, -0.15) is 0 Å². The highest BCUT2D eigenvalue weighted by Crippen LogP contribution is 2.25. The Kier molecular flexibility index (Phi) is 6.84. The molecule has 6 heteroatoms. The number of nitrogens with one attached hydrogen (secondary N) is 1. The summed E-state index contributed by atoms with van der Waals surface area (Å²) in [6, 6.07) is 4.72. The number of amides is 1. The zero-order chi connectivity index (χ0) is 19.3. The summed E-state index contributed by atoms with van der Waals surface area (Å²) in [6.07, 6.45) is 8.12. The number of hydrogen-bond donors (Lipinski definition) is 2. The number of carbonyl (C=O) groups is 1. The minimum absolute atomic E-state index is 0.0371. The van der Waals surface area contributed by atoms with E-state index in [1.807, 2.05) is 32.3 Å². The minimum Gasteiger partial charge on any atom is -0.394 e. The fraction of sp³-hybridized carbons (Fsp3) is 0.714. The van der Waals surface area contributed by atoms with Gasteiger partial charge in [0.2, 0.25) is 5.91 Å². The third kappa shape index (κ3) is 5.74. The van der Waals surface area contributed by atoms with E-state index in [1.54, 1.807) is 0 Å². The van der Waals surface area contributed by atoms with Crippen LogP contribution in [-0.4, -0.2) is 70.2 Å². The molecule has 0 saturated carbocycles. The van der Waals surface area contributed by atoms with Crippen molar-refractivity contribution in [2.45, 2.75) is 57.7 Å². The number of hydrogen-bond acceptors (Lipinski definition) is 5. The van der Waals surface area contributed by atoms with Gasteiger partial charge in [-0.25, -0.2) is 0 Å². The van der Waals surface area contributed by atoms with Crippen molar-refractivity contribution in [3.8, 4) is 0 Å². The van der Waals surface area contributed by atoms with Gasteiger partial charge < -0.3 is 10.4 Å². The number of nitrogens with zero attached hydrogens (tertiary/aromatic N) is 3. The van der Waals surface area contributed by atoms with Crippen LogP contribution >= 0.6 is 0 Å². The molecule has 27 heavy (non-hydrogen) atoms. The Morgan fingerprint density at radius 1 is 1.30 bits per heavy atom. The van der Waals surface area contributed by atoms with Gasteiger partial charge in [-0.05, 0) is 70.8 Å². The predicted molar refractivity (Wildman–Crippen MR) is 106 cm³/mol. The molecule has 1 amide bonds. The number of piperidine rings is 2. The first kappa shape index (κ1) is 20.2. The number of rotatable bonds is 6. The summed E-state index contributed by atoms with van der Waals surface area (Å²) in [6.45, 7) is 8.81. The van der Waals surface area contributed by atoms with E-state index in [-0.39, 0.29) is 18.4 Å². The van der Waals surface area contributed by atoms with Gasteiger partial charge in [-0.3, -0.25) is 19.6 Å². The zero-order valence-corrected chi connectivity index (χ0v) is 16.7. The topological polar surface area (TPSA) is 68.7 Å². The lowest BCUT2D eigenvalue weighted by molar-refractivity contribution is -0.129. The van der Waals surface area contributed by atoms with Crippen LogP contribution in [0.3, 0.4) is 0 Å². The first-order valence-corrected chi connectivity index (χ1v) is 10.2. The van der Waals surface area contributed by atoms with Crippen molar-refractivity contribution in [3.05, 3.63) is 30.1 Å². The van der Waals surface area contributed by atoms with Crippen LogP contribution in [-0.2, 0) is 11.3 Å². The van der Waals surface area contributed by atoms with E-state index >= 15 is 0 Å². The number of carbonyl (C=O) groups excluding carboxylic acids is 1. The maximum atomic E-state index is 12.6. The second kappa shape index (κ2) is 9.13. The third-order valence-corrected chi connectivity index (χ3v) is 5.88. The van der Waals surface area contributed by atoms with Gasteiger partial charge in [0, 0.05) is 31.5 Å². The largest absolute Gasteiger partial charge is 0.394 e. The fourth-order valence-electron chi connectivity index (χ4n) is 4.22. The second-order valence-corrected chi connectivity index (χ2v) is 8.73. The molecule has 3 rings (SSSR count). The molecule has 2 saturated heterocycles. The maximum Gasteiger partial charge on any atom is 0.224 e. The number of likely N-dealkylation sites (tertiary alicyclic amines) is 2. The van der Waals surface area contributed by atoms with Gasteiger partial charge in [0.05, 0.1) is 18.1 Å². The van der Waals surface area contributed by atoms with Crippen molar-refractivity contribution in [1.82, 2.24) is 20.1 Å². The molecule has 1 aromatic heterocycles. The molecule has 1 unspecified atom stereocenters. The standard InChI is InChI=1S/C21H34N4O2/c1-21(2,16-26)23-20(27)18-6-4-10-25(15-18)19-7-11-24(12-8-19)14-17-5-3-9-22-13-17/h3,5,9,13,18-19,26H,4,6-8,10-12,14-16H2,1-2H3,(H,23,27). The Morgan fingerprint density at radius 3 is 2.74 bits per heavy atom. The molecule has 2 fully saturated rings. The van der Waals surface area contributed by atoms with Gasteiger partial charge in [0.1, 0.15) is 0 Å². The molecular weight excluding hydrogens is 340 g/mol. The lowest BCUT2D eigenvalue weighted by Crippen LogP contribution is -2.54. The van der Waals surface area contributed by atoms with Crippen LogP contribution in [0.5, 0.6) is 0 Å². The molecule has 1 aromatic rings. The van der Waals surface area contributed by atoms with Gasteiger partial charge >= 0.3 is 0 Å². The lowest BCUT2D eigenvalue weighted by atomic mass is 9.92. The zero-order valence-electron chi connectivity index (χ0n) is 16.7. The van der Waals surface area contributed by atoms with Crippen molar-refractivity contribution < 1.29 is 9.90 Å². The Hall–Kier alpha value is -1.50. The van der Waals surface area contributed by atoms with Crippen molar-refractivity contribution in [2.24, 2.45) is 5.92 Å². The van der Waals surface area contributed by atoms with E-state index in [1.165, 1.54) is 5.56 Å². The molecule has 1 atom stereocenters. The number of aliphatic hydroxyl groups excluding tert-OH is 1. The molecule has 2 aliphatic rings. The van der Waals surface area contributed by atoms with E-state index in [2.05, 4.69) is 26.2 Å². The normalized spacial score (nSPS) is 23.3. The van der Waals surface area contributed by atoms with Crippen LogP contribution in [0, 0.1) is 5.92 Å². The number of aliphatic hydroxyl groups is 1. The van der Waals surface area contributed by atoms with E-state index in [0.29, 0.717) is 6.04 Å². The van der Waals surface area contributed by atoms with Crippen molar-refractivity contribution in [3.63, 3.8) is 0 Å². The predicted octanol–water partition coefficient (Wildman–Crippen LogP) is 1.65. The van der Waals surface area contributed by atoms with Crippen LogP contribution < -0.4 is 5.32 Å². The lowest BCUT2D eigenvalue weighted by Gasteiger charge is -2.42. The highest BCUT2D eigenvalue weighted by molar-refractivity contribution is 5.79. The Bertz CT molecular complexity index is 599. The smallest absolute Gasteiger partial charge is 0.224 e. The molecule has 0 bridgehead atoms. The van der Waals surface area contributed by atoms with Gasteiger partial charge in [-0.15, -0.1) is 0 Å². The van der Waals surface area contributed by atoms with Crippen molar-refractivity contribution >= 4 is 5.91 Å². The van der Waals surface area contributed by atoms with Gasteiger partial charge in [0.15, 0.2) is 0 Å². The van der Waals surface area contributed by atoms with Crippen LogP contribution in [0.2, 0.25) is 0 Å². The molecule has 0 radical (unpaired) electrons. The monoisotopic (exact) mass is 374 g/mol. The van der Waals surface area contributed by atoms with Gasteiger partial charge in [0.25, 0.3) is 0 Å². The Labute approximate surface area is 163 Å². The quantitative estimate of drug-likeness (QED) is 0.792. The Morgan fingerprint density at radius 2 is 2.07 bits per heavy atom. The average Bonchev–Trinajstić information content (AvgIpc) is 2.69. The van der Waals surface area contributed by atoms with Crippen LogP contribution in [0.25, 0.3) is 0 Å². The summed E-state index contributed by atoms with van der Waals surface area (Å²) in [5, 5.41) is 12.4. The van der Waals surface area contributed by atoms with Crippen molar-refractivity contribution in [1.29, 1.82) is 0 Å². The highest BCUT2D eigenvalue weighted by atomic mass is 16.3. The number of pyridine rings is 1. The van der Waals surface area contributed by atoms with Crippen LogP contribution in [0.15, 0.2) is 24.5 Å². The molecule has 0 spiro atoms. The molecule has 0 aromatic carbocycles. The highest BCUT2D eigenvalue weighted by Gasteiger charge is 2.33. The maximum absolute atomic E-state index is 12.6. The van der Waals surface area contributed by atoms with E-state index in [0.717, 1.165) is 58.4 Å². The summed E-state index contributed by atoms with van der Waals surface area (Å²) in [5.74, 6) is 0.130. The molecule has 2 aliphatic heterocycles. The summed E-state index contributed by atoms with van der Waals surface area (Å²) < 4.78 is 0. The molecular formula is C21H34N4O2. The molecule has 3 heterocycles. The van der Waals surface area contributed by atoms with E-state index < -0.39 is 5.54 Å². The summed E-state index contributed by atoms with van der Waals surface area (Å²) in [5.41, 5.74) is 0.730. The van der Waals surface area contributed by atoms with E-state index in [4.69, 9.17) is 0 Å². The van der Waals surface area contributed by atoms with Gasteiger partial charge in [-0.1, -0.05) is 6.07 Å². The molecule has 6 nitrogen and oxygen atoms in total. The van der Waals surface area contributed by atoms with Crippen molar-refractivity contribution in [2.75, 3.05) is 32.8 Å². The summed E-state index contributed by atoms with van der Waals surface area (Å²) in [4.78, 5) is 21.8. The van der Waals surface area contributed by atoms with Crippen LogP contribution in [0.1, 0.15) is 45.1 Å². The van der Waals surface area contributed by atoms with E-state index in [9.17, 15) is 9.90 Å². The molecule has 0 aliphatic carbocycles. The molecule has 2 N–H and O–H groups in total. The fourth-order valence-corrected chi connectivity index (χ4v) is 4.22. The number of aromatic nitrogens is 1. The first-order valence-electron chi connectivity index (χ1n) is 10.2. The average molecular weight is 375 g/mol. The minimum atomic E-state index is -0.545.